The summed E-state index contributed by atoms with van der Waals surface area (Å²) in [5.41, 5.74) is 0. The van der Waals surface area contributed by atoms with Gasteiger partial charge in [-0.3, -0.25) is 0 Å². The Morgan fingerprint density at radius 2 is 1.25 bits per heavy atom. The van der Waals surface area contributed by atoms with Crippen LogP contribution in [0.1, 0.15) is 6.92 Å². The van der Waals surface area contributed by atoms with Gasteiger partial charge in [0.1, 0.15) is 18.3 Å². The molecule has 6 heteroatoms. The van der Waals surface area contributed by atoms with Crippen LogP contribution in [0.5, 0.6) is 0 Å². The molecule has 0 aliphatic carbocycles. The third kappa shape index (κ3) is 3.51. The van der Waals surface area contributed by atoms with E-state index >= 15 is 0 Å². The lowest BCUT2D eigenvalue weighted by molar-refractivity contribution is -0.0950. The number of hydrogen-bond donors (Lipinski definition) is 6. The molecule has 0 aromatic carbocycles. The Balaban J connectivity index is 4.08. The topological polar surface area (TPSA) is 80.9 Å². The fraction of sp³-hybridized carbons (Fsp3) is 1.00. The molecule has 0 aromatic heterocycles. The van der Waals surface area contributed by atoms with Crippen LogP contribution in [-0.4, -0.2) is 49.4 Å². The van der Waals surface area contributed by atoms with E-state index in [9.17, 15) is 0 Å². The number of aliphatic hydroxyl groups is 4. The van der Waals surface area contributed by atoms with Gasteiger partial charge in [-0.05, 0) is 6.92 Å². The lowest BCUT2D eigenvalue weighted by Gasteiger charge is -2.26. The van der Waals surface area contributed by atoms with Crippen LogP contribution < -0.4 is 0 Å². The van der Waals surface area contributed by atoms with E-state index in [-0.39, 0.29) is 0 Å². The van der Waals surface area contributed by atoms with E-state index in [1.807, 2.05) is 0 Å². The fourth-order valence-electron chi connectivity index (χ4n) is 0.664. The van der Waals surface area contributed by atoms with Crippen LogP contribution in [0.15, 0.2) is 0 Å². The molecular formula is C6H14O4S2. The largest absolute Gasteiger partial charge is 0.391 e. The molecule has 0 heterocycles. The first-order valence-corrected chi connectivity index (χ1v) is 4.49. The fourth-order valence-corrected chi connectivity index (χ4v) is 1.02. The second kappa shape index (κ2) is 5.31. The first-order chi connectivity index (χ1) is 5.37. The predicted octanol–water partition coefficient (Wildman–Crippen LogP) is -1.36. The number of thiol groups is 2. The van der Waals surface area contributed by atoms with Gasteiger partial charge in [0.15, 0.2) is 0 Å². The smallest absolute Gasteiger partial charge is 0.110 e. The number of rotatable bonds is 4. The van der Waals surface area contributed by atoms with Crippen molar-refractivity contribution in [1.29, 1.82) is 0 Å². The van der Waals surface area contributed by atoms with Crippen molar-refractivity contribution in [2.45, 2.75) is 35.9 Å². The normalized spacial score (nSPS) is 22.0. The Morgan fingerprint density at radius 3 is 1.50 bits per heavy atom. The minimum Gasteiger partial charge on any atom is -0.391 e. The molecule has 0 rings (SSSR count). The van der Waals surface area contributed by atoms with Crippen molar-refractivity contribution in [3.05, 3.63) is 0 Å². The molecule has 0 unspecified atom stereocenters. The molecule has 0 fully saturated rings. The third-order valence-corrected chi connectivity index (χ3v) is 2.11. The predicted molar refractivity (Wildman–Crippen MR) is 51.5 cm³/mol. The zero-order chi connectivity index (χ0) is 9.89. The molecule has 0 amide bonds. The van der Waals surface area contributed by atoms with Crippen molar-refractivity contribution in [2.24, 2.45) is 0 Å². The summed E-state index contributed by atoms with van der Waals surface area (Å²) in [6.45, 7) is 1.31. The van der Waals surface area contributed by atoms with E-state index in [1.165, 1.54) is 6.92 Å². The standard InChI is InChI=1S/C6H14O4S2/c1-2(7)3(8)4(9)5(10)6(11)12/h2-12H,1H3/t2-,3-,4+,5+/m1/s1. The van der Waals surface area contributed by atoms with Crippen LogP contribution in [0.4, 0.5) is 0 Å². The summed E-state index contributed by atoms with van der Waals surface area (Å²) in [4.78, 5) is 0. The average molecular weight is 214 g/mol. The van der Waals surface area contributed by atoms with Crippen LogP contribution in [0.3, 0.4) is 0 Å². The maximum Gasteiger partial charge on any atom is 0.110 e. The van der Waals surface area contributed by atoms with Crippen molar-refractivity contribution in [3.63, 3.8) is 0 Å². The Labute approximate surface area is 82.1 Å². The molecule has 0 aliphatic rings. The van der Waals surface area contributed by atoms with Crippen molar-refractivity contribution in [3.8, 4) is 0 Å². The van der Waals surface area contributed by atoms with Gasteiger partial charge in [-0.15, -0.1) is 0 Å². The third-order valence-electron chi connectivity index (χ3n) is 1.50. The molecule has 0 saturated heterocycles. The maximum atomic E-state index is 9.17. The number of hydrogen-bond acceptors (Lipinski definition) is 6. The zero-order valence-corrected chi connectivity index (χ0v) is 8.36. The van der Waals surface area contributed by atoms with Gasteiger partial charge in [0.2, 0.25) is 0 Å². The molecule has 0 aliphatic heterocycles. The molecule has 12 heavy (non-hydrogen) atoms. The van der Waals surface area contributed by atoms with E-state index < -0.39 is 29.0 Å². The summed E-state index contributed by atoms with van der Waals surface area (Å²) in [5, 5.41) is 36.2. The first-order valence-electron chi connectivity index (χ1n) is 3.46. The highest BCUT2D eigenvalue weighted by atomic mass is 32.2. The van der Waals surface area contributed by atoms with Crippen molar-refractivity contribution in [1.82, 2.24) is 0 Å². The van der Waals surface area contributed by atoms with Gasteiger partial charge in [-0.25, -0.2) is 0 Å². The quantitative estimate of drug-likeness (QED) is 0.258. The van der Waals surface area contributed by atoms with Crippen molar-refractivity contribution in [2.75, 3.05) is 0 Å². The van der Waals surface area contributed by atoms with Crippen LogP contribution >= 0.6 is 25.3 Å². The Morgan fingerprint density at radius 1 is 0.833 bits per heavy atom. The molecule has 0 bridgehead atoms. The highest BCUT2D eigenvalue weighted by Gasteiger charge is 2.30. The summed E-state index contributed by atoms with van der Waals surface area (Å²) >= 11 is 7.51. The highest BCUT2D eigenvalue weighted by molar-refractivity contribution is 7.99. The summed E-state index contributed by atoms with van der Waals surface area (Å²) in [6.07, 6.45) is -5.21. The minimum absolute atomic E-state index is 0.756. The second-order valence-electron chi connectivity index (χ2n) is 2.63. The van der Waals surface area contributed by atoms with Gasteiger partial charge in [-0.2, -0.15) is 25.3 Å². The molecule has 4 N–H and O–H groups in total. The van der Waals surface area contributed by atoms with E-state index in [2.05, 4.69) is 25.3 Å². The molecule has 0 radical (unpaired) electrons. The second-order valence-corrected chi connectivity index (χ2v) is 4.15. The van der Waals surface area contributed by atoms with Gasteiger partial charge in [-0.1, -0.05) is 0 Å². The first kappa shape index (κ1) is 12.5. The molecule has 0 saturated carbocycles. The molecule has 4 atom stereocenters. The van der Waals surface area contributed by atoms with Crippen LogP contribution in [0, 0.1) is 0 Å². The number of aliphatic hydroxyl groups excluding tert-OH is 4. The summed E-state index contributed by atoms with van der Waals surface area (Å²) in [6, 6.07) is 0. The molecular weight excluding hydrogens is 200 g/mol. The van der Waals surface area contributed by atoms with E-state index in [0.717, 1.165) is 0 Å². The van der Waals surface area contributed by atoms with E-state index in [4.69, 9.17) is 20.4 Å². The summed E-state index contributed by atoms with van der Waals surface area (Å²) in [7, 11) is 0. The van der Waals surface area contributed by atoms with Gasteiger partial charge >= 0.3 is 0 Å². The highest BCUT2D eigenvalue weighted by Crippen LogP contribution is 2.14. The molecule has 0 spiro atoms. The van der Waals surface area contributed by atoms with Gasteiger partial charge in [0.25, 0.3) is 0 Å². The lowest BCUT2D eigenvalue weighted by Crippen LogP contribution is -2.45. The Bertz CT molecular complexity index is 117. The van der Waals surface area contributed by atoms with E-state index in [1.54, 1.807) is 0 Å². The minimum atomic E-state index is -1.44. The monoisotopic (exact) mass is 214 g/mol. The van der Waals surface area contributed by atoms with Crippen LogP contribution in [-0.2, 0) is 0 Å². The van der Waals surface area contributed by atoms with Crippen molar-refractivity contribution < 1.29 is 20.4 Å². The van der Waals surface area contributed by atoms with Crippen LogP contribution in [0.25, 0.3) is 0 Å². The lowest BCUT2D eigenvalue weighted by atomic mass is 10.1. The van der Waals surface area contributed by atoms with Crippen LogP contribution in [0.2, 0.25) is 0 Å². The van der Waals surface area contributed by atoms with Gasteiger partial charge in [0, 0.05) is 0 Å². The zero-order valence-electron chi connectivity index (χ0n) is 6.57. The Hall–Kier alpha value is 0.540. The molecule has 4 nitrogen and oxygen atoms in total. The summed E-state index contributed by atoms with van der Waals surface area (Å²) in [5.74, 6) is 0. The average Bonchev–Trinajstić information content (AvgIpc) is 2.00. The van der Waals surface area contributed by atoms with Gasteiger partial charge in [0.05, 0.1) is 10.7 Å². The molecule has 74 valence electrons. The van der Waals surface area contributed by atoms with E-state index in [0.29, 0.717) is 0 Å². The summed E-state index contributed by atoms with van der Waals surface area (Å²) < 4.78 is -0.756. The van der Waals surface area contributed by atoms with Gasteiger partial charge < -0.3 is 20.4 Å². The SMILES string of the molecule is C[C@@H](O)[C@@H](O)[C@H](O)[C@H](O)C(S)S. The van der Waals surface area contributed by atoms with Crippen molar-refractivity contribution >= 4 is 25.3 Å². The molecule has 0 aromatic rings. The maximum absolute atomic E-state index is 9.17. The Kier molecular flexibility index (Phi) is 5.55.